The summed E-state index contributed by atoms with van der Waals surface area (Å²) in [6.45, 7) is 1.07. The molecular formula is C19H25ClIN3O2S. The van der Waals surface area contributed by atoms with Crippen molar-refractivity contribution in [3.63, 3.8) is 0 Å². The van der Waals surface area contributed by atoms with E-state index in [0.29, 0.717) is 30.5 Å². The van der Waals surface area contributed by atoms with Crippen molar-refractivity contribution in [1.82, 2.24) is 10.6 Å². The highest BCUT2D eigenvalue weighted by Crippen LogP contribution is 2.14. The van der Waals surface area contributed by atoms with Crippen LogP contribution in [0.15, 0.2) is 59.6 Å². The van der Waals surface area contributed by atoms with Crippen molar-refractivity contribution >= 4 is 51.4 Å². The molecule has 2 aromatic rings. The summed E-state index contributed by atoms with van der Waals surface area (Å²) in [5.74, 6) is 0.828. The predicted octanol–water partition coefficient (Wildman–Crippen LogP) is 3.63. The van der Waals surface area contributed by atoms with Gasteiger partial charge in [0.05, 0.1) is 11.5 Å². The molecule has 0 radical (unpaired) electrons. The van der Waals surface area contributed by atoms with Crippen LogP contribution in [0.25, 0.3) is 0 Å². The normalized spacial score (nSPS) is 11.6. The molecule has 27 heavy (non-hydrogen) atoms. The molecule has 0 unspecified atom stereocenters. The van der Waals surface area contributed by atoms with Crippen LogP contribution in [-0.4, -0.2) is 33.7 Å². The lowest BCUT2D eigenvalue weighted by Gasteiger charge is -2.12. The number of hydrogen-bond acceptors (Lipinski definition) is 3. The van der Waals surface area contributed by atoms with Gasteiger partial charge in [0.25, 0.3) is 0 Å². The van der Waals surface area contributed by atoms with Crippen LogP contribution >= 0.6 is 35.6 Å². The highest BCUT2D eigenvalue weighted by Gasteiger charge is 2.11. The first-order valence-corrected chi connectivity index (χ1v) is 10.6. The van der Waals surface area contributed by atoms with Crippen molar-refractivity contribution in [3.8, 4) is 0 Å². The van der Waals surface area contributed by atoms with Crippen molar-refractivity contribution in [3.05, 3.63) is 70.7 Å². The summed E-state index contributed by atoms with van der Waals surface area (Å²) in [7, 11) is -1.44. The van der Waals surface area contributed by atoms with Gasteiger partial charge in [0, 0.05) is 25.2 Å². The first-order chi connectivity index (χ1) is 12.5. The molecule has 0 aliphatic rings. The second-order valence-electron chi connectivity index (χ2n) is 5.88. The summed E-state index contributed by atoms with van der Waals surface area (Å²) in [5, 5.41) is 6.99. The van der Waals surface area contributed by atoms with Crippen molar-refractivity contribution in [2.75, 3.05) is 19.3 Å². The summed E-state index contributed by atoms with van der Waals surface area (Å²) >= 11 is 6.13. The molecule has 2 rings (SSSR count). The number of aliphatic imine (C=N–C) groups is 1. The van der Waals surface area contributed by atoms with Gasteiger partial charge in [-0.3, -0.25) is 4.99 Å². The van der Waals surface area contributed by atoms with E-state index < -0.39 is 9.84 Å². The molecule has 0 spiro atoms. The molecule has 2 aromatic carbocycles. The molecule has 0 aliphatic carbocycles. The standard InChI is InChI=1S/C19H24ClN3O2S.HI/c1-21-19(23-14-17-10-5-6-11-18(17)20)22-12-7-13-26(24,25)15-16-8-3-2-4-9-16;/h2-6,8-11H,7,12-15H2,1H3,(H2,21,22,23);1H. The minimum atomic E-state index is -3.12. The lowest BCUT2D eigenvalue weighted by molar-refractivity contribution is 0.591. The van der Waals surface area contributed by atoms with Gasteiger partial charge in [-0.25, -0.2) is 8.42 Å². The minimum absolute atomic E-state index is 0. The Balaban J connectivity index is 0.00000364. The Bertz CT molecular complexity index is 830. The Labute approximate surface area is 183 Å². The SMILES string of the molecule is CN=C(NCCCS(=O)(=O)Cc1ccccc1)NCc1ccccc1Cl.I. The monoisotopic (exact) mass is 521 g/mol. The number of nitrogens with one attached hydrogen (secondary N) is 2. The van der Waals surface area contributed by atoms with E-state index in [0.717, 1.165) is 11.1 Å². The molecule has 2 N–H and O–H groups in total. The van der Waals surface area contributed by atoms with Gasteiger partial charge in [-0.05, 0) is 23.6 Å². The molecule has 0 bridgehead atoms. The Morgan fingerprint density at radius 1 is 1.04 bits per heavy atom. The van der Waals surface area contributed by atoms with E-state index in [-0.39, 0.29) is 35.5 Å². The van der Waals surface area contributed by atoms with Gasteiger partial charge in [-0.1, -0.05) is 60.1 Å². The molecule has 8 heteroatoms. The van der Waals surface area contributed by atoms with Crippen LogP contribution in [-0.2, 0) is 22.1 Å². The molecule has 148 valence electrons. The van der Waals surface area contributed by atoms with E-state index in [1.165, 1.54) is 0 Å². The summed E-state index contributed by atoms with van der Waals surface area (Å²) < 4.78 is 24.3. The van der Waals surface area contributed by atoms with E-state index in [4.69, 9.17) is 11.6 Å². The van der Waals surface area contributed by atoms with Gasteiger partial charge in [-0.15, -0.1) is 24.0 Å². The number of sulfone groups is 1. The topological polar surface area (TPSA) is 70.6 Å². The Kier molecular flexibility index (Phi) is 10.7. The van der Waals surface area contributed by atoms with Gasteiger partial charge in [0.1, 0.15) is 0 Å². The lowest BCUT2D eigenvalue weighted by atomic mass is 10.2. The van der Waals surface area contributed by atoms with Crippen LogP contribution in [0, 0.1) is 0 Å². The zero-order chi connectivity index (χ0) is 18.8. The average Bonchev–Trinajstić information content (AvgIpc) is 2.63. The largest absolute Gasteiger partial charge is 0.356 e. The fraction of sp³-hybridized carbons (Fsp3) is 0.316. The zero-order valence-electron chi connectivity index (χ0n) is 15.2. The summed E-state index contributed by atoms with van der Waals surface area (Å²) in [4.78, 5) is 4.14. The number of rotatable bonds is 8. The number of benzene rings is 2. The maximum Gasteiger partial charge on any atom is 0.191 e. The lowest BCUT2D eigenvalue weighted by Crippen LogP contribution is -2.37. The maximum absolute atomic E-state index is 12.2. The van der Waals surface area contributed by atoms with Gasteiger partial charge < -0.3 is 10.6 Å². The third-order valence-corrected chi connectivity index (χ3v) is 5.83. The van der Waals surface area contributed by atoms with Crippen LogP contribution in [0.2, 0.25) is 5.02 Å². The maximum atomic E-state index is 12.2. The third kappa shape index (κ3) is 8.94. The van der Waals surface area contributed by atoms with Crippen molar-refractivity contribution in [2.24, 2.45) is 4.99 Å². The van der Waals surface area contributed by atoms with Crippen LogP contribution in [0.5, 0.6) is 0 Å². The Hall–Kier alpha value is -1.32. The highest BCUT2D eigenvalue weighted by molar-refractivity contribution is 14.0. The molecule has 0 heterocycles. The molecule has 0 fully saturated rings. The number of hydrogen-bond donors (Lipinski definition) is 2. The van der Waals surface area contributed by atoms with Crippen LogP contribution in [0.1, 0.15) is 17.5 Å². The highest BCUT2D eigenvalue weighted by atomic mass is 127. The van der Waals surface area contributed by atoms with Gasteiger partial charge in [0.2, 0.25) is 0 Å². The third-order valence-electron chi connectivity index (χ3n) is 3.78. The van der Waals surface area contributed by atoms with Crippen LogP contribution in [0.4, 0.5) is 0 Å². The van der Waals surface area contributed by atoms with Crippen LogP contribution in [0.3, 0.4) is 0 Å². The second-order valence-corrected chi connectivity index (χ2v) is 8.47. The van der Waals surface area contributed by atoms with E-state index in [1.807, 2.05) is 54.6 Å². The van der Waals surface area contributed by atoms with Crippen molar-refractivity contribution in [2.45, 2.75) is 18.7 Å². The molecule has 0 amide bonds. The van der Waals surface area contributed by atoms with Crippen molar-refractivity contribution in [1.29, 1.82) is 0 Å². The first kappa shape index (κ1) is 23.7. The Morgan fingerprint density at radius 3 is 2.37 bits per heavy atom. The van der Waals surface area contributed by atoms with E-state index in [9.17, 15) is 8.42 Å². The average molecular weight is 522 g/mol. The molecule has 0 aromatic heterocycles. The van der Waals surface area contributed by atoms with Crippen LogP contribution < -0.4 is 10.6 Å². The van der Waals surface area contributed by atoms with Gasteiger partial charge in [0.15, 0.2) is 15.8 Å². The molecule has 0 atom stereocenters. The molecular weight excluding hydrogens is 497 g/mol. The molecule has 0 aliphatic heterocycles. The second kappa shape index (κ2) is 12.2. The first-order valence-electron chi connectivity index (χ1n) is 8.42. The summed E-state index contributed by atoms with van der Waals surface area (Å²) in [5.41, 5.74) is 1.79. The van der Waals surface area contributed by atoms with Gasteiger partial charge >= 0.3 is 0 Å². The minimum Gasteiger partial charge on any atom is -0.356 e. The van der Waals surface area contributed by atoms with Crippen molar-refractivity contribution < 1.29 is 8.42 Å². The van der Waals surface area contributed by atoms with E-state index in [2.05, 4.69) is 15.6 Å². The number of guanidine groups is 1. The predicted molar refractivity (Wildman–Crippen MR) is 124 cm³/mol. The fourth-order valence-electron chi connectivity index (χ4n) is 2.44. The molecule has 0 saturated heterocycles. The summed E-state index contributed by atoms with van der Waals surface area (Å²) in [6.07, 6.45) is 0.516. The zero-order valence-corrected chi connectivity index (χ0v) is 19.1. The number of halogens is 2. The molecule has 5 nitrogen and oxygen atoms in total. The van der Waals surface area contributed by atoms with E-state index in [1.54, 1.807) is 7.05 Å². The van der Waals surface area contributed by atoms with E-state index >= 15 is 0 Å². The molecule has 0 saturated carbocycles. The number of nitrogens with zero attached hydrogens (tertiary/aromatic N) is 1. The van der Waals surface area contributed by atoms with Gasteiger partial charge in [-0.2, -0.15) is 0 Å². The summed E-state index contributed by atoms with van der Waals surface area (Å²) in [6, 6.07) is 16.8. The smallest absolute Gasteiger partial charge is 0.191 e. The Morgan fingerprint density at radius 2 is 1.70 bits per heavy atom. The fourth-order valence-corrected chi connectivity index (χ4v) is 4.07. The quantitative estimate of drug-likeness (QED) is 0.241.